The molecule has 0 aromatic carbocycles. The van der Waals surface area contributed by atoms with Crippen molar-refractivity contribution in [3.05, 3.63) is 0 Å². The largest absolute Gasteiger partial charge is 2.00 e. The first-order chi connectivity index (χ1) is 3.00. The van der Waals surface area contributed by atoms with Crippen LogP contribution in [0.2, 0.25) is 0 Å². The zero-order valence-electron chi connectivity index (χ0n) is 3.70. The zero-order valence-corrected chi connectivity index (χ0v) is 7.37. The van der Waals surface area contributed by atoms with Crippen molar-refractivity contribution in [3.8, 4) is 0 Å². The number of hydrogen-bond acceptors (Lipinski definition) is 6. The zero-order chi connectivity index (χ0) is 6.50. The average Bonchev–Trinajstić information content (AvgIpc) is 1.36. The molecule has 0 fully saturated rings. The van der Waals surface area contributed by atoms with Crippen molar-refractivity contribution in [2.45, 2.75) is 0 Å². The Kier molecular flexibility index (Phi) is 15.0. The average molecular weight is 247 g/mol. The molecule has 48 valence electrons. The molecular formula is H4N2O4SSn. The van der Waals surface area contributed by atoms with Crippen LogP contribution in [-0.2, 0) is 10.4 Å². The predicted molar refractivity (Wildman–Crippen MR) is 24.6 cm³/mol. The van der Waals surface area contributed by atoms with E-state index in [4.69, 9.17) is 17.5 Å². The van der Waals surface area contributed by atoms with Crippen LogP contribution in [0.1, 0.15) is 0 Å². The van der Waals surface area contributed by atoms with Gasteiger partial charge >= 0.3 is 23.9 Å². The fourth-order valence-corrected chi connectivity index (χ4v) is 0. The van der Waals surface area contributed by atoms with Crippen LogP contribution >= 0.6 is 0 Å². The minimum Gasteiger partial charge on any atom is -0.759 e. The maximum absolute atomic E-state index is 8.52. The van der Waals surface area contributed by atoms with E-state index >= 15 is 0 Å². The molecule has 6 nitrogen and oxygen atoms in total. The Morgan fingerprint density at radius 3 is 1.12 bits per heavy atom. The number of rotatable bonds is 0. The summed E-state index contributed by atoms with van der Waals surface area (Å²) in [6.45, 7) is 0. The Morgan fingerprint density at radius 1 is 1.12 bits per heavy atom. The van der Waals surface area contributed by atoms with Gasteiger partial charge in [-0.15, -0.1) is 0 Å². The van der Waals surface area contributed by atoms with E-state index in [1.54, 1.807) is 0 Å². The third kappa shape index (κ3) is 594. The van der Waals surface area contributed by atoms with E-state index in [-0.39, 0.29) is 23.9 Å². The summed E-state index contributed by atoms with van der Waals surface area (Å²) in [4.78, 5) is 0. The van der Waals surface area contributed by atoms with Gasteiger partial charge in [0.2, 0.25) is 0 Å². The Balaban J connectivity index is -0.0000000750. The van der Waals surface area contributed by atoms with Crippen molar-refractivity contribution >= 4 is 34.3 Å². The normalized spacial score (nSPS) is 8.00. The second-order valence-corrected chi connectivity index (χ2v) is 1.22. The van der Waals surface area contributed by atoms with E-state index in [2.05, 4.69) is 11.7 Å². The van der Waals surface area contributed by atoms with Gasteiger partial charge in [0.15, 0.2) is 0 Å². The first-order valence-corrected chi connectivity index (χ1v) is 2.33. The summed E-state index contributed by atoms with van der Waals surface area (Å²) in [5.74, 6) is 8.00. The standard InChI is InChI=1S/H4N2.H2O4S.Sn/c1-2;1-5(2,3)4;/h1-2H2;(H2,1,2,3,4);/q;;+2/p-2. The third-order valence-corrected chi connectivity index (χ3v) is 0. The van der Waals surface area contributed by atoms with E-state index in [0.717, 1.165) is 0 Å². The summed E-state index contributed by atoms with van der Waals surface area (Å²) in [7, 11) is -5.17. The molecule has 0 saturated carbocycles. The van der Waals surface area contributed by atoms with Gasteiger partial charge in [-0.05, 0) is 0 Å². The fraction of sp³-hybridized carbons (Fsp3) is 0. The van der Waals surface area contributed by atoms with E-state index < -0.39 is 10.4 Å². The Morgan fingerprint density at radius 2 is 1.12 bits per heavy atom. The Hall–Kier alpha value is 0.589. The molecule has 0 saturated heterocycles. The van der Waals surface area contributed by atoms with E-state index in [1.807, 2.05) is 0 Å². The van der Waals surface area contributed by atoms with Gasteiger partial charge in [-0.3, -0.25) is 20.1 Å². The first-order valence-electron chi connectivity index (χ1n) is 1.00. The summed E-state index contributed by atoms with van der Waals surface area (Å²) >= 11 is 0. The Labute approximate surface area is 63.7 Å². The van der Waals surface area contributed by atoms with Gasteiger partial charge in [-0.2, -0.15) is 0 Å². The van der Waals surface area contributed by atoms with Gasteiger partial charge in [0.25, 0.3) is 0 Å². The molecule has 0 aromatic rings. The van der Waals surface area contributed by atoms with Gasteiger partial charge in [-0.1, -0.05) is 0 Å². The van der Waals surface area contributed by atoms with Crippen LogP contribution in [0.3, 0.4) is 0 Å². The molecule has 0 bridgehead atoms. The molecule has 0 amide bonds. The van der Waals surface area contributed by atoms with Crippen LogP contribution in [-0.4, -0.2) is 41.4 Å². The van der Waals surface area contributed by atoms with Crippen molar-refractivity contribution in [2.75, 3.05) is 0 Å². The quantitative estimate of drug-likeness (QED) is 0.155. The second kappa shape index (κ2) is 7.59. The third-order valence-electron chi connectivity index (χ3n) is 0. The summed E-state index contributed by atoms with van der Waals surface area (Å²) in [6, 6.07) is 0. The minimum absolute atomic E-state index is 0. The summed E-state index contributed by atoms with van der Waals surface area (Å²) in [6.07, 6.45) is 0. The van der Waals surface area contributed by atoms with Gasteiger partial charge in [0.1, 0.15) is 0 Å². The van der Waals surface area contributed by atoms with Gasteiger partial charge in [0, 0.05) is 10.4 Å². The molecule has 0 atom stereocenters. The van der Waals surface area contributed by atoms with Crippen molar-refractivity contribution < 1.29 is 17.5 Å². The molecule has 0 rings (SSSR count). The van der Waals surface area contributed by atoms with Crippen molar-refractivity contribution in [1.82, 2.24) is 0 Å². The van der Waals surface area contributed by atoms with Crippen LogP contribution in [0, 0.1) is 0 Å². The van der Waals surface area contributed by atoms with Crippen LogP contribution in [0.4, 0.5) is 0 Å². The Bertz CT molecular complexity index is 97.2. The van der Waals surface area contributed by atoms with Crippen molar-refractivity contribution in [2.24, 2.45) is 11.7 Å². The molecule has 0 unspecified atom stereocenters. The van der Waals surface area contributed by atoms with Crippen molar-refractivity contribution in [3.63, 3.8) is 0 Å². The van der Waals surface area contributed by atoms with Crippen LogP contribution in [0.25, 0.3) is 0 Å². The molecule has 0 aliphatic rings. The van der Waals surface area contributed by atoms with E-state index in [1.165, 1.54) is 0 Å². The van der Waals surface area contributed by atoms with E-state index in [0.29, 0.717) is 0 Å². The molecule has 8 heteroatoms. The number of nitrogens with two attached hydrogens (primary N) is 2. The molecule has 4 N–H and O–H groups in total. The van der Waals surface area contributed by atoms with Crippen LogP contribution < -0.4 is 11.7 Å². The summed E-state index contributed by atoms with van der Waals surface area (Å²) in [5, 5.41) is 0. The van der Waals surface area contributed by atoms with Gasteiger partial charge in [0.05, 0.1) is 0 Å². The molecule has 0 heterocycles. The van der Waals surface area contributed by atoms with Gasteiger partial charge in [-0.25, -0.2) is 0 Å². The van der Waals surface area contributed by atoms with Crippen LogP contribution in [0.15, 0.2) is 0 Å². The van der Waals surface area contributed by atoms with Crippen molar-refractivity contribution in [1.29, 1.82) is 0 Å². The predicted octanol–water partition coefficient (Wildman–Crippen LogP) is -2.90. The SMILES string of the molecule is NN.O=S(=O)([O-])[O-].[Sn+2]. The smallest absolute Gasteiger partial charge is 0.759 e. The maximum Gasteiger partial charge on any atom is 2.00 e. The fourth-order valence-electron chi connectivity index (χ4n) is 0. The van der Waals surface area contributed by atoms with Crippen LogP contribution in [0.5, 0.6) is 0 Å². The maximum atomic E-state index is 8.52. The topological polar surface area (TPSA) is 132 Å². The number of hydrazine groups is 1. The molecule has 0 aliphatic heterocycles. The molecule has 0 spiro atoms. The monoisotopic (exact) mass is 248 g/mol. The van der Waals surface area contributed by atoms with Gasteiger partial charge < -0.3 is 9.11 Å². The number of hydrogen-bond donors (Lipinski definition) is 2. The second-order valence-electron chi connectivity index (χ2n) is 0.408. The van der Waals surface area contributed by atoms with E-state index in [9.17, 15) is 0 Å². The molecule has 0 aliphatic carbocycles. The molecule has 0 aromatic heterocycles. The summed E-state index contributed by atoms with van der Waals surface area (Å²) in [5.41, 5.74) is 0. The minimum atomic E-state index is -5.17. The molecular weight excluding hydrogens is 243 g/mol. The molecule has 2 radical (unpaired) electrons. The molecule has 8 heavy (non-hydrogen) atoms. The summed E-state index contributed by atoms with van der Waals surface area (Å²) < 4.78 is 34.1. The first kappa shape index (κ1) is 15.8.